The molecule has 0 aliphatic heterocycles. The van der Waals surface area contributed by atoms with E-state index < -0.39 is 0 Å². The van der Waals surface area contributed by atoms with Gasteiger partial charge in [-0.05, 0) is 36.8 Å². The number of hydrogen-bond acceptors (Lipinski definition) is 4. The number of fused-ring (bicyclic) bond motifs is 2. The number of aryl methyl sites for hydroxylation is 1. The van der Waals surface area contributed by atoms with Crippen molar-refractivity contribution >= 4 is 33.5 Å². The van der Waals surface area contributed by atoms with E-state index in [0.717, 1.165) is 34.3 Å². The molecule has 0 saturated carbocycles. The van der Waals surface area contributed by atoms with E-state index in [9.17, 15) is 4.79 Å². The second-order valence-corrected chi connectivity index (χ2v) is 7.92. The molecule has 1 amide bonds. The number of carbonyl (C=O) groups excluding carboxylic acids is 1. The van der Waals surface area contributed by atoms with Crippen molar-refractivity contribution in [1.29, 1.82) is 0 Å². The molecule has 0 radical (unpaired) electrons. The van der Waals surface area contributed by atoms with Crippen molar-refractivity contribution in [2.75, 3.05) is 0 Å². The van der Waals surface area contributed by atoms with Gasteiger partial charge < -0.3 is 5.32 Å². The van der Waals surface area contributed by atoms with Crippen LogP contribution < -0.4 is 5.32 Å². The van der Waals surface area contributed by atoms with Crippen LogP contribution >= 0.6 is 22.7 Å². The molecule has 114 valence electrons. The summed E-state index contributed by atoms with van der Waals surface area (Å²) in [6.07, 6.45) is 7.40. The van der Waals surface area contributed by atoms with Crippen LogP contribution in [-0.4, -0.2) is 15.3 Å². The van der Waals surface area contributed by atoms with Gasteiger partial charge in [-0.1, -0.05) is 6.92 Å². The van der Waals surface area contributed by atoms with E-state index in [1.54, 1.807) is 22.7 Å². The average molecular weight is 331 g/mol. The maximum atomic E-state index is 12.3. The molecule has 0 saturated heterocycles. The van der Waals surface area contributed by atoms with E-state index >= 15 is 0 Å². The first kappa shape index (κ1) is 14.0. The van der Waals surface area contributed by atoms with Crippen LogP contribution in [0, 0.1) is 5.92 Å². The van der Waals surface area contributed by atoms with E-state index in [1.165, 1.54) is 16.9 Å². The van der Waals surface area contributed by atoms with E-state index in [1.807, 2.05) is 22.2 Å². The highest BCUT2D eigenvalue weighted by atomic mass is 32.1. The number of nitrogens with one attached hydrogen (secondary N) is 1. The molecular weight excluding hydrogens is 314 g/mol. The Balaban J connectivity index is 1.44. The lowest BCUT2D eigenvalue weighted by Crippen LogP contribution is -2.21. The SMILES string of the molecule is CC1CCc2sc(C(=O)NCc3cn4ccsc4n3)cc2C1. The fourth-order valence-electron chi connectivity index (χ4n) is 2.94. The van der Waals surface area contributed by atoms with E-state index in [-0.39, 0.29) is 5.91 Å². The average Bonchev–Trinajstić information content (AvgIpc) is 3.17. The first-order chi connectivity index (χ1) is 10.7. The molecule has 0 bridgehead atoms. The first-order valence-corrected chi connectivity index (χ1v) is 9.19. The van der Waals surface area contributed by atoms with Gasteiger partial charge in [-0.15, -0.1) is 22.7 Å². The summed E-state index contributed by atoms with van der Waals surface area (Å²) in [5.74, 6) is 0.750. The summed E-state index contributed by atoms with van der Waals surface area (Å²) in [6.45, 7) is 2.76. The van der Waals surface area contributed by atoms with Crippen LogP contribution in [0.25, 0.3) is 4.96 Å². The smallest absolute Gasteiger partial charge is 0.261 e. The van der Waals surface area contributed by atoms with Gasteiger partial charge in [0.05, 0.1) is 17.1 Å². The van der Waals surface area contributed by atoms with Gasteiger partial charge in [0.15, 0.2) is 4.96 Å². The standard InChI is InChI=1S/C16H17N3OS2/c1-10-2-3-13-11(6-10)7-14(22-13)15(20)17-8-12-9-19-4-5-21-16(19)18-12/h4-5,7,9-10H,2-3,6,8H2,1H3,(H,17,20). The second-order valence-electron chi connectivity index (χ2n) is 5.91. The fourth-order valence-corrected chi connectivity index (χ4v) is 4.78. The van der Waals surface area contributed by atoms with Gasteiger partial charge in [-0.2, -0.15) is 0 Å². The quantitative estimate of drug-likeness (QED) is 0.798. The molecular formula is C16H17N3OS2. The topological polar surface area (TPSA) is 46.4 Å². The molecule has 1 unspecified atom stereocenters. The lowest BCUT2D eigenvalue weighted by molar-refractivity contribution is 0.0954. The maximum Gasteiger partial charge on any atom is 0.261 e. The molecule has 0 aromatic carbocycles. The van der Waals surface area contributed by atoms with Crippen LogP contribution in [0.2, 0.25) is 0 Å². The highest BCUT2D eigenvalue weighted by Gasteiger charge is 2.20. The van der Waals surface area contributed by atoms with E-state index in [2.05, 4.69) is 23.3 Å². The third-order valence-corrected chi connectivity index (χ3v) is 6.13. The third kappa shape index (κ3) is 2.57. The Morgan fingerprint density at radius 2 is 2.45 bits per heavy atom. The summed E-state index contributed by atoms with van der Waals surface area (Å²) >= 11 is 3.25. The molecule has 4 rings (SSSR count). The van der Waals surface area contributed by atoms with Crippen LogP contribution in [0.1, 0.15) is 39.2 Å². The molecule has 1 aliphatic rings. The minimum Gasteiger partial charge on any atom is -0.346 e. The van der Waals surface area contributed by atoms with Gasteiger partial charge in [0, 0.05) is 22.7 Å². The van der Waals surface area contributed by atoms with Crippen molar-refractivity contribution in [3.8, 4) is 0 Å². The number of imidazole rings is 1. The molecule has 1 aliphatic carbocycles. The number of thiazole rings is 1. The summed E-state index contributed by atoms with van der Waals surface area (Å²) in [5, 5.41) is 4.99. The van der Waals surface area contributed by atoms with Crippen molar-refractivity contribution in [3.05, 3.63) is 44.9 Å². The van der Waals surface area contributed by atoms with Crippen molar-refractivity contribution in [2.24, 2.45) is 5.92 Å². The Morgan fingerprint density at radius 1 is 1.55 bits per heavy atom. The van der Waals surface area contributed by atoms with Crippen LogP contribution in [-0.2, 0) is 19.4 Å². The molecule has 22 heavy (non-hydrogen) atoms. The second kappa shape index (κ2) is 5.52. The van der Waals surface area contributed by atoms with Gasteiger partial charge in [0.25, 0.3) is 5.91 Å². The normalized spacial score (nSPS) is 17.6. The zero-order valence-corrected chi connectivity index (χ0v) is 14.0. The predicted octanol–water partition coefficient (Wildman–Crippen LogP) is 3.51. The third-order valence-electron chi connectivity index (χ3n) is 4.13. The summed E-state index contributed by atoms with van der Waals surface area (Å²) in [7, 11) is 0. The van der Waals surface area contributed by atoms with E-state index in [0.29, 0.717) is 6.54 Å². The first-order valence-electron chi connectivity index (χ1n) is 7.50. The summed E-state index contributed by atoms with van der Waals surface area (Å²) in [6, 6.07) is 2.08. The van der Waals surface area contributed by atoms with Gasteiger partial charge in [-0.25, -0.2) is 4.98 Å². The van der Waals surface area contributed by atoms with Crippen molar-refractivity contribution in [2.45, 2.75) is 32.7 Å². The van der Waals surface area contributed by atoms with Crippen molar-refractivity contribution in [1.82, 2.24) is 14.7 Å². The maximum absolute atomic E-state index is 12.3. The molecule has 6 heteroatoms. The van der Waals surface area contributed by atoms with Gasteiger partial charge in [0.1, 0.15) is 0 Å². The molecule has 3 aromatic rings. The number of hydrogen-bond donors (Lipinski definition) is 1. The van der Waals surface area contributed by atoms with Gasteiger partial charge in [-0.3, -0.25) is 9.20 Å². The summed E-state index contributed by atoms with van der Waals surface area (Å²) < 4.78 is 1.98. The van der Waals surface area contributed by atoms with Crippen molar-refractivity contribution < 1.29 is 4.79 Å². The van der Waals surface area contributed by atoms with Crippen molar-refractivity contribution in [3.63, 3.8) is 0 Å². The number of nitrogens with zero attached hydrogens (tertiary/aromatic N) is 2. The molecule has 3 aromatic heterocycles. The number of aromatic nitrogens is 2. The van der Waals surface area contributed by atoms with Crippen LogP contribution in [0.15, 0.2) is 23.8 Å². The number of rotatable bonds is 3. The Labute approximate surface area is 136 Å². The monoisotopic (exact) mass is 331 g/mol. The number of carbonyl (C=O) groups is 1. The fraction of sp³-hybridized carbons (Fsp3) is 0.375. The molecule has 1 atom stereocenters. The van der Waals surface area contributed by atoms with Crippen LogP contribution in [0.4, 0.5) is 0 Å². The predicted molar refractivity (Wildman–Crippen MR) is 89.7 cm³/mol. The van der Waals surface area contributed by atoms with Gasteiger partial charge in [0.2, 0.25) is 0 Å². The number of amides is 1. The zero-order chi connectivity index (χ0) is 15.1. The molecule has 0 spiro atoms. The Kier molecular flexibility index (Phi) is 3.50. The highest BCUT2D eigenvalue weighted by molar-refractivity contribution is 7.15. The minimum absolute atomic E-state index is 0.0170. The Bertz CT molecular complexity index is 801. The minimum atomic E-state index is 0.0170. The molecule has 0 fully saturated rings. The van der Waals surface area contributed by atoms with E-state index in [4.69, 9.17) is 0 Å². The Morgan fingerprint density at radius 3 is 3.32 bits per heavy atom. The molecule has 4 nitrogen and oxygen atoms in total. The lowest BCUT2D eigenvalue weighted by Gasteiger charge is -2.16. The summed E-state index contributed by atoms with van der Waals surface area (Å²) in [4.78, 5) is 20.0. The number of thiophene rings is 1. The molecule has 3 heterocycles. The van der Waals surface area contributed by atoms with Crippen LogP contribution in [0.3, 0.4) is 0 Å². The summed E-state index contributed by atoms with van der Waals surface area (Å²) in [5.41, 5.74) is 2.27. The van der Waals surface area contributed by atoms with Gasteiger partial charge >= 0.3 is 0 Å². The lowest BCUT2D eigenvalue weighted by atomic mass is 9.90. The largest absolute Gasteiger partial charge is 0.346 e. The highest BCUT2D eigenvalue weighted by Crippen LogP contribution is 2.32. The van der Waals surface area contributed by atoms with Crippen LogP contribution in [0.5, 0.6) is 0 Å². The zero-order valence-electron chi connectivity index (χ0n) is 12.3. The Hall–Kier alpha value is -1.66. The molecule has 1 N–H and O–H groups in total.